The lowest BCUT2D eigenvalue weighted by atomic mass is 10.1. The fourth-order valence-electron chi connectivity index (χ4n) is 1.85. The zero-order chi connectivity index (χ0) is 12.4. The molecule has 0 aliphatic carbocycles. The van der Waals surface area contributed by atoms with Gasteiger partial charge in [-0.25, -0.2) is 0 Å². The van der Waals surface area contributed by atoms with Crippen molar-refractivity contribution in [2.45, 2.75) is 26.8 Å². The molecule has 0 radical (unpaired) electrons. The van der Waals surface area contributed by atoms with Crippen molar-refractivity contribution in [2.75, 3.05) is 0 Å². The van der Waals surface area contributed by atoms with Crippen LogP contribution in [-0.4, -0.2) is 20.9 Å². The second-order valence-electron chi connectivity index (χ2n) is 4.01. The van der Waals surface area contributed by atoms with Crippen molar-refractivity contribution in [3.05, 3.63) is 41.1 Å². The van der Waals surface area contributed by atoms with Gasteiger partial charge >= 0.3 is 5.97 Å². The molecule has 0 bridgehead atoms. The van der Waals surface area contributed by atoms with Gasteiger partial charge in [0.05, 0.1) is 31.2 Å². The number of carboxylic acids is 1. The minimum absolute atomic E-state index is 0.0169. The maximum Gasteiger partial charge on any atom is 0.307 e. The molecular weight excluding hydrogens is 220 g/mol. The number of rotatable bonds is 4. The molecule has 0 aliphatic heterocycles. The third kappa shape index (κ3) is 2.38. The Balaban J connectivity index is 2.27. The molecule has 0 aliphatic rings. The lowest BCUT2D eigenvalue weighted by molar-refractivity contribution is -0.136. The number of nitrogens with zero attached hydrogens (tertiary/aromatic N) is 2. The van der Waals surface area contributed by atoms with Crippen molar-refractivity contribution in [3.8, 4) is 0 Å². The van der Waals surface area contributed by atoms with Crippen molar-refractivity contribution in [3.63, 3.8) is 0 Å². The molecule has 0 aromatic carbocycles. The summed E-state index contributed by atoms with van der Waals surface area (Å²) in [6.07, 6.45) is 3.29. The van der Waals surface area contributed by atoms with E-state index in [9.17, 15) is 4.79 Å². The summed E-state index contributed by atoms with van der Waals surface area (Å²) in [6.45, 7) is 4.32. The molecule has 0 unspecified atom stereocenters. The van der Waals surface area contributed by atoms with E-state index in [1.165, 1.54) is 0 Å². The van der Waals surface area contributed by atoms with E-state index in [0.29, 0.717) is 6.54 Å². The van der Waals surface area contributed by atoms with E-state index in [1.807, 2.05) is 19.9 Å². The summed E-state index contributed by atoms with van der Waals surface area (Å²) < 4.78 is 6.80. The molecule has 5 heteroatoms. The van der Waals surface area contributed by atoms with Gasteiger partial charge in [0.15, 0.2) is 0 Å². The van der Waals surface area contributed by atoms with Crippen LogP contribution >= 0.6 is 0 Å². The Morgan fingerprint density at radius 1 is 1.53 bits per heavy atom. The molecule has 0 saturated carbocycles. The summed E-state index contributed by atoms with van der Waals surface area (Å²) >= 11 is 0. The van der Waals surface area contributed by atoms with E-state index in [2.05, 4.69) is 5.10 Å². The number of aryl methyl sites for hydroxylation is 1. The molecule has 0 saturated heterocycles. The Labute approximate surface area is 98.7 Å². The second kappa shape index (κ2) is 4.45. The molecule has 0 fully saturated rings. The molecule has 2 aromatic heterocycles. The van der Waals surface area contributed by atoms with Crippen molar-refractivity contribution in [2.24, 2.45) is 0 Å². The first-order valence-electron chi connectivity index (χ1n) is 5.33. The Kier molecular flexibility index (Phi) is 2.99. The van der Waals surface area contributed by atoms with E-state index in [1.54, 1.807) is 17.2 Å². The largest absolute Gasteiger partial charge is 0.481 e. The smallest absolute Gasteiger partial charge is 0.307 e. The van der Waals surface area contributed by atoms with Crippen molar-refractivity contribution >= 4 is 5.97 Å². The summed E-state index contributed by atoms with van der Waals surface area (Å²) in [5, 5.41) is 13.2. The average Bonchev–Trinajstić information content (AvgIpc) is 2.83. The van der Waals surface area contributed by atoms with Crippen LogP contribution < -0.4 is 0 Å². The van der Waals surface area contributed by atoms with E-state index >= 15 is 0 Å². The molecule has 0 amide bonds. The molecule has 5 nitrogen and oxygen atoms in total. The van der Waals surface area contributed by atoms with Crippen LogP contribution in [-0.2, 0) is 17.8 Å². The molecule has 1 N–H and O–H groups in total. The van der Waals surface area contributed by atoms with Crippen LogP contribution in [0.2, 0.25) is 0 Å². The number of carbonyl (C=O) groups is 1. The van der Waals surface area contributed by atoms with Gasteiger partial charge in [0.25, 0.3) is 0 Å². The highest BCUT2D eigenvalue weighted by Crippen LogP contribution is 2.15. The van der Waals surface area contributed by atoms with Crippen LogP contribution in [0.5, 0.6) is 0 Å². The Morgan fingerprint density at radius 2 is 2.29 bits per heavy atom. The third-order valence-corrected chi connectivity index (χ3v) is 2.77. The zero-order valence-electron chi connectivity index (χ0n) is 9.80. The molecule has 2 rings (SSSR count). The zero-order valence-corrected chi connectivity index (χ0v) is 9.80. The average molecular weight is 234 g/mol. The number of hydrogen-bond acceptors (Lipinski definition) is 3. The molecule has 0 spiro atoms. The van der Waals surface area contributed by atoms with E-state index in [-0.39, 0.29) is 6.42 Å². The standard InChI is InChI=1S/C12H14N2O3/c1-8-11(5-12(15)16)9(2)14(13-8)6-10-3-4-17-7-10/h3-4,7H,5-6H2,1-2H3,(H,15,16). The van der Waals surface area contributed by atoms with Crippen LogP contribution in [0.4, 0.5) is 0 Å². The van der Waals surface area contributed by atoms with Gasteiger partial charge in [-0.2, -0.15) is 5.10 Å². The Morgan fingerprint density at radius 3 is 2.88 bits per heavy atom. The molecule has 90 valence electrons. The SMILES string of the molecule is Cc1nn(Cc2ccoc2)c(C)c1CC(=O)O. The minimum Gasteiger partial charge on any atom is -0.481 e. The number of aliphatic carboxylic acids is 1. The lowest BCUT2D eigenvalue weighted by Gasteiger charge is -2.02. The highest BCUT2D eigenvalue weighted by atomic mass is 16.4. The quantitative estimate of drug-likeness (QED) is 0.875. The summed E-state index contributed by atoms with van der Waals surface area (Å²) in [7, 11) is 0. The Bertz CT molecular complexity index is 526. The van der Waals surface area contributed by atoms with Crippen molar-refractivity contribution in [1.82, 2.24) is 9.78 Å². The van der Waals surface area contributed by atoms with Gasteiger partial charge in [-0.1, -0.05) is 0 Å². The maximum atomic E-state index is 10.7. The molecule has 2 heterocycles. The highest BCUT2D eigenvalue weighted by molar-refractivity contribution is 5.70. The van der Waals surface area contributed by atoms with E-state index < -0.39 is 5.97 Å². The first-order valence-corrected chi connectivity index (χ1v) is 5.33. The van der Waals surface area contributed by atoms with Gasteiger partial charge in [0, 0.05) is 16.8 Å². The summed E-state index contributed by atoms with van der Waals surface area (Å²) in [4.78, 5) is 10.7. The maximum absolute atomic E-state index is 10.7. The summed E-state index contributed by atoms with van der Waals surface area (Å²) in [6, 6.07) is 1.87. The topological polar surface area (TPSA) is 68.3 Å². The van der Waals surface area contributed by atoms with Crippen molar-refractivity contribution < 1.29 is 14.3 Å². The van der Waals surface area contributed by atoms with Crippen LogP contribution in [0.25, 0.3) is 0 Å². The van der Waals surface area contributed by atoms with Crippen LogP contribution in [0, 0.1) is 13.8 Å². The molecule has 17 heavy (non-hydrogen) atoms. The van der Waals surface area contributed by atoms with Gasteiger partial charge in [-0.15, -0.1) is 0 Å². The third-order valence-electron chi connectivity index (χ3n) is 2.77. The second-order valence-corrected chi connectivity index (χ2v) is 4.01. The van der Waals surface area contributed by atoms with Gasteiger partial charge in [0.1, 0.15) is 0 Å². The fraction of sp³-hybridized carbons (Fsp3) is 0.333. The number of carboxylic acid groups (broad SMARTS) is 1. The fourth-order valence-corrected chi connectivity index (χ4v) is 1.85. The molecule has 0 atom stereocenters. The predicted molar refractivity (Wildman–Crippen MR) is 60.9 cm³/mol. The van der Waals surface area contributed by atoms with E-state index in [0.717, 1.165) is 22.5 Å². The first-order chi connectivity index (χ1) is 8.08. The summed E-state index contributed by atoms with van der Waals surface area (Å²) in [5.74, 6) is -0.834. The van der Waals surface area contributed by atoms with Gasteiger partial charge in [-0.05, 0) is 19.9 Å². The lowest BCUT2D eigenvalue weighted by Crippen LogP contribution is -2.05. The number of hydrogen-bond donors (Lipinski definition) is 1. The van der Waals surface area contributed by atoms with Crippen LogP contribution in [0.15, 0.2) is 23.0 Å². The van der Waals surface area contributed by atoms with E-state index in [4.69, 9.17) is 9.52 Å². The molecule has 2 aromatic rings. The highest BCUT2D eigenvalue weighted by Gasteiger charge is 2.14. The van der Waals surface area contributed by atoms with Gasteiger partial charge in [-0.3, -0.25) is 9.48 Å². The van der Waals surface area contributed by atoms with Crippen LogP contribution in [0.1, 0.15) is 22.5 Å². The predicted octanol–water partition coefficient (Wildman–Crippen LogP) is 1.77. The minimum atomic E-state index is -0.834. The monoisotopic (exact) mass is 234 g/mol. The summed E-state index contributed by atoms with van der Waals surface area (Å²) in [5.41, 5.74) is 3.47. The number of furan rings is 1. The normalized spacial score (nSPS) is 10.7. The van der Waals surface area contributed by atoms with Crippen LogP contribution in [0.3, 0.4) is 0 Å². The number of aromatic nitrogens is 2. The Hall–Kier alpha value is -2.04. The van der Waals surface area contributed by atoms with Crippen molar-refractivity contribution in [1.29, 1.82) is 0 Å². The van der Waals surface area contributed by atoms with Gasteiger partial charge < -0.3 is 9.52 Å². The van der Waals surface area contributed by atoms with Gasteiger partial charge in [0.2, 0.25) is 0 Å². The first kappa shape index (κ1) is 11.4. The molecular formula is C12H14N2O3.